The average Bonchev–Trinajstić information content (AvgIpc) is 2.82. The van der Waals surface area contributed by atoms with E-state index in [4.69, 9.17) is 4.74 Å². The number of aromatic nitrogens is 1. The number of nitrogens with zero attached hydrogens (tertiary/aromatic N) is 2. The third-order valence-corrected chi connectivity index (χ3v) is 4.83. The number of guanidine groups is 1. The first-order chi connectivity index (χ1) is 10.2. The number of nitrogens with one attached hydrogen (secondary N) is 2. The van der Waals surface area contributed by atoms with E-state index in [1.54, 1.807) is 18.4 Å². The molecule has 21 heavy (non-hydrogen) atoms. The number of hydrogen-bond acceptors (Lipinski definition) is 4. The van der Waals surface area contributed by atoms with Crippen molar-refractivity contribution in [2.75, 3.05) is 26.7 Å². The highest BCUT2D eigenvalue weighted by atomic mass is 32.1. The molecule has 1 saturated heterocycles. The zero-order chi connectivity index (χ0) is 15.1. The Labute approximate surface area is 131 Å². The van der Waals surface area contributed by atoms with Crippen LogP contribution in [-0.4, -0.2) is 43.8 Å². The van der Waals surface area contributed by atoms with Crippen molar-refractivity contribution >= 4 is 17.3 Å². The van der Waals surface area contributed by atoms with Gasteiger partial charge in [-0.1, -0.05) is 0 Å². The Morgan fingerprint density at radius 1 is 1.38 bits per heavy atom. The molecular formula is C15H26N4OS. The highest BCUT2D eigenvalue weighted by Crippen LogP contribution is 2.16. The Morgan fingerprint density at radius 3 is 2.86 bits per heavy atom. The molecule has 1 aliphatic heterocycles. The lowest BCUT2D eigenvalue weighted by molar-refractivity contribution is 0.0194. The third-order valence-electron chi connectivity index (χ3n) is 3.70. The van der Waals surface area contributed by atoms with Crippen LogP contribution in [0.4, 0.5) is 0 Å². The minimum Gasteiger partial charge on any atom is -0.376 e. The van der Waals surface area contributed by atoms with Crippen LogP contribution in [-0.2, 0) is 11.2 Å². The highest BCUT2D eigenvalue weighted by molar-refractivity contribution is 7.11. The molecule has 1 aromatic heterocycles. The van der Waals surface area contributed by atoms with E-state index in [-0.39, 0.29) is 0 Å². The van der Waals surface area contributed by atoms with Crippen molar-refractivity contribution < 1.29 is 4.74 Å². The molecular weight excluding hydrogens is 284 g/mol. The molecule has 5 nitrogen and oxygen atoms in total. The quantitative estimate of drug-likeness (QED) is 0.645. The predicted octanol–water partition coefficient (Wildman–Crippen LogP) is 2.04. The first-order valence-electron chi connectivity index (χ1n) is 7.68. The van der Waals surface area contributed by atoms with E-state index < -0.39 is 0 Å². The lowest BCUT2D eigenvalue weighted by Gasteiger charge is -2.23. The summed E-state index contributed by atoms with van der Waals surface area (Å²) in [4.78, 5) is 10.1. The van der Waals surface area contributed by atoms with Crippen molar-refractivity contribution in [1.29, 1.82) is 0 Å². The lowest BCUT2D eigenvalue weighted by Crippen LogP contribution is -2.43. The summed E-state index contributed by atoms with van der Waals surface area (Å²) in [6.45, 7) is 6.75. The number of hydrogen-bond donors (Lipinski definition) is 2. The van der Waals surface area contributed by atoms with E-state index >= 15 is 0 Å². The third kappa shape index (κ3) is 5.28. The Kier molecular flexibility index (Phi) is 6.45. The van der Waals surface area contributed by atoms with Crippen molar-refractivity contribution in [1.82, 2.24) is 15.6 Å². The molecule has 1 aromatic rings. The first-order valence-corrected chi connectivity index (χ1v) is 8.49. The summed E-state index contributed by atoms with van der Waals surface area (Å²) < 4.78 is 5.71. The molecule has 0 spiro atoms. The Bertz CT molecular complexity index is 447. The summed E-state index contributed by atoms with van der Waals surface area (Å²) >= 11 is 1.78. The zero-order valence-corrected chi connectivity index (χ0v) is 14.1. The molecule has 1 unspecified atom stereocenters. The topological polar surface area (TPSA) is 58.5 Å². The summed E-state index contributed by atoms with van der Waals surface area (Å²) in [5, 5.41) is 7.86. The van der Waals surface area contributed by atoms with E-state index in [2.05, 4.69) is 34.5 Å². The molecule has 0 aromatic carbocycles. The van der Waals surface area contributed by atoms with Crippen LogP contribution in [0.2, 0.25) is 0 Å². The largest absolute Gasteiger partial charge is 0.376 e. The summed E-state index contributed by atoms with van der Waals surface area (Å²) in [7, 11) is 1.80. The SMILES string of the molecule is CN=C(NCCc1nc(C)c(C)s1)NCC1CCCCO1. The molecule has 0 saturated carbocycles. The van der Waals surface area contributed by atoms with Gasteiger partial charge in [-0.3, -0.25) is 4.99 Å². The van der Waals surface area contributed by atoms with Crippen LogP contribution in [0.3, 0.4) is 0 Å². The standard InChI is InChI=1S/C15H26N4OS/c1-11-12(2)21-14(19-11)7-8-17-15(16-3)18-10-13-6-4-5-9-20-13/h13H,4-10H2,1-3H3,(H2,16,17,18). The summed E-state index contributed by atoms with van der Waals surface area (Å²) in [5.41, 5.74) is 1.15. The van der Waals surface area contributed by atoms with Crippen LogP contribution < -0.4 is 10.6 Å². The van der Waals surface area contributed by atoms with Crippen molar-refractivity contribution in [3.8, 4) is 0 Å². The fourth-order valence-electron chi connectivity index (χ4n) is 2.33. The van der Waals surface area contributed by atoms with Crippen LogP contribution in [0.1, 0.15) is 34.8 Å². The van der Waals surface area contributed by atoms with E-state index in [0.717, 1.165) is 44.2 Å². The molecule has 0 amide bonds. The maximum atomic E-state index is 5.71. The van der Waals surface area contributed by atoms with Gasteiger partial charge in [0.25, 0.3) is 0 Å². The number of rotatable bonds is 5. The van der Waals surface area contributed by atoms with Crippen LogP contribution in [0.25, 0.3) is 0 Å². The number of ether oxygens (including phenoxy) is 1. The van der Waals surface area contributed by atoms with Gasteiger partial charge in [0, 0.05) is 38.0 Å². The monoisotopic (exact) mass is 310 g/mol. The van der Waals surface area contributed by atoms with Crippen molar-refractivity contribution in [3.63, 3.8) is 0 Å². The van der Waals surface area contributed by atoms with E-state index in [0.29, 0.717) is 6.10 Å². The Hall–Kier alpha value is -1.14. The molecule has 2 heterocycles. The molecule has 2 rings (SSSR count). The molecule has 118 valence electrons. The summed E-state index contributed by atoms with van der Waals surface area (Å²) in [6, 6.07) is 0. The second-order valence-corrected chi connectivity index (χ2v) is 6.66. The van der Waals surface area contributed by atoms with Crippen LogP contribution in [0.5, 0.6) is 0 Å². The molecule has 1 atom stereocenters. The molecule has 1 fully saturated rings. The van der Waals surface area contributed by atoms with Crippen molar-refractivity contribution in [3.05, 3.63) is 15.6 Å². The smallest absolute Gasteiger partial charge is 0.191 e. The van der Waals surface area contributed by atoms with Crippen LogP contribution in [0.15, 0.2) is 4.99 Å². The van der Waals surface area contributed by atoms with Gasteiger partial charge < -0.3 is 15.4 Å². The van der Waals surface area contributed by atoms with Gasteiger partial charge in [-0.15, -0.1) is 11.3 Å². The van der Waals surface area contributed by atoms with E-state index in [1.807, 2.05) is 0 Å². The molecule has 0 aliphatic carbocycles. The molecule has 0 radical (unpaired) electrons. The normalized spacial score (nSPS) is 19.6. The number of aliphatic imine (C=N–C) groups is 1. The van der Waals surface area contributed by atoms with Gasteiger partial charge in [-0.05, 0) is 33.1 Å². The summed E-state index contributed by atoms with van der Waals surface area (Å²) in [6.07, 6.45) is 4.85. The average molecular weight is 310 g/mol. The van der Waals surface area contributed by atoms with Crippen molar-refractivity contribution in [2.24, 2.45) is 4.99 Å². The maximum absolute atomic E-state index is 5.71. The predicted molar refractivity (Wildman–Crippen MR) is 88.2 cm³/mol. The first kappa shape index (κ1) is 16.2. The lowest BCUT2D eigenvalue weighted by atomic mass is 10.1. The molecule has 1 aliphatic rings. The second-order valence-electron chi connectivity index (χ2n) is 5.37. The van der Waals surface area contributed by atoms with Crippen molar-refractivity contribution in [2.45, 2.75) is 45.6 Å². The van der Waals surface area contributed by atoms with Gasteiger partial charge in [0.15, 0.2) is 5.96 Å². The fourth-order valence-corrected chi connectivity index (χ4v) is 3.27. The maximum Gasteiger partial charge on any atom is 0.191 e. The second kappa shape index (κ2) is 8.34. The Balaban J connectivity index is 1.67. The van der Waals surface area contributed by atoms with Gasteiger partial charge in [0.1, 0.15) is 0 Å². The Morgan fingerprint density at radius 2 is 2.24 bits per heavy atom. The van der Waals surface area contributed by atoms with Gasteiger partial charge >= 0.3 is 0 Å². The minimum atomic E-state index is 0.321. The van der Waals surface area contributed by atoms with Gasteiger partial charge in [-0.2, -0.15) is 0 Å². The molecule has 6 heteroatoms. The highest BCUT2D eigenvalue weighted by Gasteiger charge is 2.13. The summed E-state index contributed by atoms with van der Waals surface area (Å²) in [5.74, 6) is 0.842. The van der Waals surface area contributed by atoms with E-state index in [1.165, 1.54) is 22.7 Å². The van der Waals surface area contributed by atoms with Crippen LogP contribution >= 0.6 is 11.3 Å². The zero-order valence-electron chi connectivity index (χ0n) is 13.2. The van der Waals surface area contributed by atoms with E-state index in [9.17, 15) is 0 Å². The van der Waals surface area contributed by atoms with Gasteiger partial charge in [-0.25, -0.2) is 4.98 Å². The fraction of sp³-hybridized carbons (Fsp3) is 0.733. The molecule has 2 N–H and O–H groups in total. The van der Waals surface area contributed by atoms with Gasteiger partial charge in [0.2, 0.25) is 0 Å². The number of aryl methyl sites for hydroxylation is 2. The minimum absolute atomic E-state index is 0.321. The van der Waals surface area contributed by atoms with Crippen LogP contribution in [0, 0.1) is 13.8 Å². The number of thiazole rings is 1. The molecule has 0 bridgehead atoms. The van der Waals surface area contributed by atoms with Gasteiger partial charge in [0.05, 0.1) is 16.8 Å².